The Bertz CT molecular complexity index is 3410. The SMILES string of the molecule is [2H]C(OC(C([2H])c1ccccc1)[C@H]1OC(O)(C([2H])c2ccccc2)[C@@](OC([2H])c2ccccc2)(C2(CO)O[C@H](CO)[C@@H](O)[C@@H]2O)[C@](OC([2H])c2ccccc2)(C([2H])c2ccccc2)[C@@]1(OC([2H])c1ccccc1)C([2H])c1ccccc1)c1ccccc1. The van der Waals surface area contributed by atoms with Crippen LogP contribution in [0.1, 0.15) is 55.5 Å². The van der Waals surface area contributed by atoms with E-state index in [1.807, 2.05) is 0 Å². The summed E-state index contributed by atoms with van der Waals surface area (Å²) in [5, 5.41) is 65.8. The number of hydrogen-bond acceptors (Lipinski definition) is 11. The van der Waals surface area contributed by atoms with E-state index in [0.717, 1.165) is 0 Å². The van der Waals surface area contributed by atoms with Crippen LogP contribution in [0.5, 0.6) is 0 Å². The van der Waals surface area contributed by atoms with Crippen molar-refractivity contribution >= 4 is 0 Å². The molecule has 0 aliphatic carbocycles. The molecule has 0 saturated carbocycles. The van der Waals surface area contributed by atoms with Gasteiger partial charge in [-0.05, 0) is 44.5 Å². The fourth-order valence-corrected chi connectivity index (χ4v) is 10.9. The second-order valence-corrected chi connectivity index (χ2v) is 19.6. The molecule has 0 amide bonds. The first-order valence-electron chi connectivity index (χ1n) is 30.8. The number of aliphatic hydroxyl groups is 5. The van der Waals surface area contributed by atoms with Crippen molar-refractivity contribution in [2.75, 3.05) is 13.2 Å². The van der Waals surface area contributed by atoms with Gasteiger partial charge in [-0.1, -0.05) is 243 Å². The maximum atomic E-state index is 15.6. The molecule has 11 nitrogen and oxygen atoms in total. The standard InChI is InChI=1S/C68H70O11/c69-45-60-61(71)62(72)65(50-70,78-60)68(77-49-58-39-23-8-24-40-58)66(43-53-29-13-3-14-30-53,76-48-57-37-21-7-22-38-57)64(42-52-27-11-2-12-28-52,75-47-56-35-19-6-20-36-56)63(79-67(68,73)44-54-31-15-4-16-32-54)59(41-51-25-9-1-10-26-51)74-46-55-33-17-5-18-34-55/h1-40,59-63,69-73H,41-50H2/t59?,60-,61-,62+,63-,64-,65?,66+,67?,68-/m1/s1/i41D,42D,43D,44D,46D,47D,48D,49D/t41?,42?,43?,44?,46?,47?,48?,49?,59?,60-,61-,62+,63-,64-,65?,66+,67?,68-. The Morgan fingerprint density at radius 1 is 0.443 bits per heavy atom. The highest BCUT2D eigenvalue weighted by atomic mass is 16.7. The van der Waals surface area contributed by atoms with Crippen molar-refractivity contribution < 1.29 is 64.9 Å². The maximum Gasteiger partial charge on any atom is 0.206 e. The Hall–Kier alpha value is -6.68. The topological polar surface area (TPSA) is 157 Å². The van der Waals surface area contributed by atoms with E-state index in [2.05, 4.69) is 0 Å². The molecule has 18 atom stereocenters. The Labute approximate surface area is 474 Å². The van der Waals surface area contributed by atoms with Crippen molar-refractivity contribution in [1.82, 2.24) is 0 Å². The van der Waals surface area contributed by atoms with Gasteiger partial charge in [0.15, 0.2) is 11.2 Å². The van der Waals surface area contributed by atoms with E-state index in [4.69, 9.17) is 28.4 Å². The fourth-order valence-electron chi connectivity index (χ4n) is 10.9. The normalized spacial score (nSPS) is 31.8. The van der Waals surface area contributed by atoms with E-state index < -0.39 is 124 Å². The Balaban J connectivity index is 1.52. The van der Waals surface area contributed by atoms with Crippen LogP contribution in [0.2, 0.25) is 0 Å². The molecular weight excluding hydrogens is 993 g/mol. The summed E-state index contributed by atoms with van der Waals surface area (Å²) < 4.78 is 131. The summed E-state index contributed by atoms with van der Waals surface area (Å²) in [6.45, 7) is -11.0. The summed E-state index contributed by atoms with van der Waals surface area (Å²) in [6, 6.07) is 63.5. The second-order valence-electron chi connectivity index (χ2n) is 19.6. The highest BCUT2D eigenvalue weighted by Gasteiger charge is 2.88. The first-order chi connectivity index (χ1) is 42.1. The van der Waals surface area contributed by atoms with E-state index in [1.54, 1.807) is 182 Å². The van der Waals surface area contributed by atoms with Gasteiger partial charge in [0.25, 0.3) is 0 Å². The lowest BCUT2D eigenvalue weighted by Crippen LogP contribution is -2.94. The van der Waals surface area contributed by atoms with Crippen LogP contribution < -0.4 is 0 Å². The summed E-state index contributed by atoms with van der Waals surface area (Å²) in [6.07, 6.45) is -20.3. The summed E-state index contributed by atoms with van der Waals surface area (Å²) in [5.41, 5.74) is -13.9. The smallest absolute Gasteiger partial charge is 0.206 e. The van der Waals surface area contributed by atoms with Crippen LogP contribution in [0.3, 0.4) is 0 Å². The zero-order valence-corrected chi connectivity index (χ0v) is 43.2. The third-order valence-electron chi connectivity index (χ3n) is 14.6. The maximum absolute atomic E-state index is 15.6. The lowest BCUT2D eigenvalue weighted by molar-refractivity contribution is -0.498. The van der Waals surface area contributed by atoms with Crippen LogP contribution in [-0.4, -0.2) is 97.5 Å². The van der Waals surface area contributed by atoms with Gasteiger partial charge >= 0.3 is 0 Å². The molecule has 8 aromatic rings. The van der Waals surface area contributed by atoms with E-state index in [1.165, 1.54) is 60.7 Å². The van der Waals surface area contributed by atoms with Crippen LogP contribution in [-0.2, 0) is 80.3 Å². The van der Waals surface area contributed by atoms with Gasteiger partial charge in [-0.25, -0.2) is 0 Å². The molecule has 0 aromatic heterocycles. The lowest BCUT2D eigenvalue weighted by atomic mass is 9.51. The summed E-state index contributed by atoms with van der Waals surface area (Å²) in [7, 11) is 0. The van der Waals surface area contributed by atoms with Gasteiger partial charge in [0.2, 0.25) is 5.79 Å². The van der Waals surface area contributed by atoms with Crippen LogP contribution in [0.15, 0.2) is 243 Å². The monoisotopic (exact) mass is 1070 g/mol. The van der Waals surface area contributed by atoms with Gasteiger partial charge in [-0.15, -0.1) is 0 Å². The van der Waals surface area contributed by atoms with Gasteiger partial charge < -0.3 is 54.0 Å². The van der Waals surface area contributed by atoms with Crippen molar-refractivity contribution in [3.05, 3.63) is 287 Å². The van der Waals surface area contributed by atoms with Crippen molar-refractivity contribution in [3.63, 3.8) is 0 Å². The van der Waals surface area contributed by atoms with Gasteiger partial charge in [-0.2, -0.15) is 0 Å². The van der Waals surface area contributed by atoms with Gasteiger partial charge in [0, 0.05) is 31.1 Å². The molecule has 0 radical (unpaired) electrons. The van der Waals surface area contributed by atoms with E-state index in [-0.39, 0.29) is 44.5 Å². The van der Waals surface area contributed by atoms with Crippen molar-refractivity contribution in [1.29, 1.82) is 0 Å². The summed E-state index contributed by atoms with van der Waals surface area (Å²) >= 11 is 0. The average Bonchev–Trinajstić information content (AvgIpc) is 1.46. The zero-order valence-electron chi connectivity index (χ0n) is 51.2. The highest BCUT2D eigenvalue weighted by Crippen LogP contribution is 2.65. The third kappa shape index (κ3) is 11.3. The van der Waals surface area contributed by atoms with Crippen molar-refractivity contribution in [2.45, 2.75) is 111 Å². The van der Waals surface area contributed by atoms with Crippen LogP contribution in [0.25, 0.3) is 0 Å². The molecule has 0 spiro atoms. The molecule has 0 bridgehead atoms. The number of benzene rings is 8. The molecule has 2 aliphatic rings. The second kappa shape index (κ2) is 25.2. The van der Waals surface area contributed by atoms with Gasteiger partial charge in [0.1, 0.15) is 35.6 Å². The minimum Gasteiger partial charge on any atom is -0.394 e. The molecule has 79 heavy (non-hydrogen) atoms. The molecule has 11 heteroatoms. The van der Waals surface area contributed by atoms with Gasteiger partial charge in [-0.3, -0.25) is 0 Å². The van der Waals surface area contributed by atoms with Crippen molar-refractivity contribution in [3.8, 4) is 0 Å². The molecule has 2 aliphatic heterocycles. The van der Waals surface area contributed by atoms with Crippen LogP contribution in [0.4, 0.5) is 0 Å². The number of aliphatic hydroxyl groups excluding tert-OH is 4. The van der Waals surface area contributed by atoms with Gasteiger partial charge in [0.05, 0.1) is 51.1 Å². The fraction of sp³-hybridized carbons (Fsp3) is 0.294. The molecule has 408 valence electrons. The Morgan fingerprint density at radius 3 is 1.25 bits per heavy atom. The molecule has 2 fully saturated rings. The third-order valence-corrected chi connectivity index (χ3v) is 14.6. The Morgan fingerprint density at radius 2 is 0.823 bits per heavy atom. The van der Waals surface area contributed by atoms with Crippen LogP contribution in [0, 0.1) is 0 Å². The molecule has 2 heterocycles. The first-order valence-corrected chi connectivity index (χ1v) is 26.2. The summed E-state index contributed by atoms with van der Waals surface area (Å²) in [4.78, 5) is 0. The predicted octanol–water partition coefficient (Wildman–Crippen LogP) is 9.34. The zero-order chi connectivity index (χ0) is 61.6. The molecule has 5 N–H and O–H groups in total. The number of ether oxygens (including phenoxy) is 6. The van der Waals surface area contributed by atoms with E-state index in [0.29, 0.717) is 0 Å². The highest BCUT2D eigenvalue weighted by molar-refractivity contribution is 5.41. The van der Waals surface area contributed by atoms with E-state index >= 15 is 5.11 Å². The summed E-state index contributed by atoms with van der Waals surface area (Å²) in [5.74, 6) is -3.86. The quantitative estimate of drug-likeness (QED) is 0.0393. The molecule has 8 aromatic carbocycles. The molecule has 11 unspecified atom stereocenters. The minimum atomic E-state index is -3.87. The van der Waals surface area contributed by atoms with E-state index in [9.17, 15) is 31.4 Å². The number of rotatable bonds is 24. The first kappa shape index (κ1) is 46.1. The largest absolute Gasteiger partial charge is 0.394 e. The van der Waals surface area contributed by atoms with Crippen molar-refractivity contribution in [2.24, 2.45) is 0 Å². The lowest BCUT2D eigenvalue weighted by Gasteiger charge is -2.72. The molecular formula is C68H70O11. The minimum absolute atomic E-state index is 0.000766. The van der Waals surface area contributed by atoms with Crippen LogP contribution >= 0.6 is 0 Å². The molecule has 2 saturated heterocycles. The predicted molar refractivity (Wildman–Crippen MR) is 301 cm³/mol. The molecule has 10 rings (SSSR count). The average molecular weight is 1070 g/mol. The Kier molecular flexibility index (Phi) is 14.7. The number of hydrogen-bond donors (Lipinski definition) is 5.